The molecule has 0 radical (unpaired) electrons. The molecule has 106 valence electrons. The van der Waals surface area contributed by atoms with E-state index in [4.69, 9.17) is 4.42 Å². The number of nitrogens with zero attached hydrogens (tertiary/aromatic N) is 2. The van der Waals surface area contributed by atoms with Crippen LogP contribution in [0.2, 0.25) is 0 Å². The molecule has 2 aliphatic rings. The van der Waals surface area contributed by atoms with E-state index in [1.165, 1.54) is 51.4 Å². The molecule has 1 aromatic heterocycles. The van der Waals surface area contributed by atoms with E-state index in [2.05, 4.69) is 24.0 Å². The van der Waals surface area contributed by atoms with Gasteiger partial charge in [-0.15, -0.1) is 10.2 Å². The summed E-state index contributed by atoms with van der Waals surface area (Å²) in [4.78, 5) is 0. The van der Waals surface area contributed by atoms with Gasteiger partial charge < -0.3 is 4.42 Å². The minimum atomic E-state index is 0.528. The second kappa shape index (κ2) is 5.64. The zero-order valence-electron chi connectivity index (χ0n) is 12.3. The zero-order valence-corrected chi connectivity index (χ0v) is 12.3. The largest absolute Gasteiger partial charge is 0.425 e. The van der Waals surface area contributed by atoms with Crippen LogP contribution in [0.15, 0.2) is 4.42 Å². The van der Waals surface area contributed by atoms with E-state index in [0.29, 0.717) is 11.8 Å². The minimum absolute atomic E-state index is 0.528. The number of hydrogen-bond acceptors (Lipinski definition) is 3. The van der Waals surface area contributed by atoms with Crippen LogP contribution in [0.1, 0.15) is 88.8 Å². The van der Waals surface area contributed by atoms with Gasteiger partial charge in [-0.25, -0.2) is 0 Å². The smallest absolute Gasteiger partial charge is 0.219 e. The number of hydrogen-bond donors (Lipinski definition) is 0. The molecule has 0 unspecified atom stereocenters. The Balaban J connectivity index is 1.63. The molecule has 3 nitrogen and oxygen atoms in total. The maximum Gasteiger partial charge on any atom is 0.219 e. The van der Waals surface area contributed by atoms with Crippen molar-refractivity contribution in [3.05, 3.63) is 11.8 Å². The highest BCUT2D eigenvalue weighted by atomic mass is 16.4. The molecule has 0 aliphatic heterocycles. The molecule has 0 atom stereocenters. The number of aromatic nitrogens is 2. The second-order valence-corrected chi connectivity index (χ2v) is 6.89. The van der Waals surface area contributed by atoms with Gasteiger partial charge in [0.05, 0.1) is 0 Å². The van der Waals surface area contributed by atoms with Gasteiger partial charge in [0, 0.05) is 11.8 Å². The molecule has 1 heterocycles. The Morgan fingerprint density at radius 1 is 0.684 bits per heavy atom. The van der Waals surface area contributed by atoms with Gasteiger partial charge in [0.2, 0.25) is 11.8 Å². The van der Waals surface area contributed by atoms with Crippen molar-refractivity contribution in [2.24, 2.45) is 11.8 Å². The van der Waals surface area contributed by atoms with Crippen LogP contribution < -0.4 is 0 Å². The van der Waals surface area contributed by atoms with Gasteiger partial charge in [-0.1, -0.05) is 13.8 Å². The molecular formula is C16H26N2O. The van der Waals surface area contributed by atoms with Crippen LogP contribution in [0, 0.1) is 11.8 Å². The summed E-state index contributed by atoms with van der Waals surface area (Å²) in [6.07, 6.45) is 10.1. The van der Waals surface area contributed by atoms with Gasteiger partial charge in [0.15, 0.2) is 0 Å². The van der Waals surface area contributed by atoms with Crippen molar-refractivity contribution in [3.63, 3.8) is 0 Å². The Labute approximate surface area is 116 Å². The van der Waals surface area contributed by atoms with Crippen molar-refractivity contribution < 1.29 is 4.42 Å². The van der Waals surface area contributed by atoms with Crippen molar-refractivity contribution in [1.29, 1.82) is 0 Å². The summed E-state index contributed by atoms with van der Waals surface area (Å²) in [5, 5.41) is 8.68. The molecule has 2 aliphatic carbocycles. The molecule has 0 saturated heterocycles. The first-order valence-electron chi connectivity index (χ1n) is 8.05. The standard InChI is InChI=1S/C16H26N2O/c1-11-3-7-13(8-4-11)15-17-18-16(19-15)14-9-5-12(2)6-10-14/h11-14H,3-10H2,1-2H3. The van der Waals surface area contributed by atoms with E-state index in [1.54, 1.807) is 0 Å². The van der Waals surface area contributed by atoms with Crippen molar-refractivity contribution in [2.75, 3.05) is 0 Å². The quantitative estimate of drug-likeness (QED) is 0.778. The van der Waals surface area contributed by atoms with Crippen LogP contribution >= 0.6 is 0 Å². The molecule has 3 rings (SSSR count). The van der Waals surface area contributed by atoms with Crippen molar-refractivity contribution in [2.45, 2.75) is 77.0 Å². The summed E-state index contributed by atoms with van der Waals surface area (Å²) in [5.74, 6) is 4.64. The third kappa shape index (κ3) is 3.01. The van der Waals surface area contributed by atoms with E-state index in [-0.39, 0.29) is 0 Å². The highest BCUT2D eigenvalue weighted by molar-refractivity contribution is 4.98. The monoisotopic (exact) mass is 262 g/mol. The van der Waals surface area contributed by atoms with Crippen LogP contribution in [0.5, 0.6) is 0 Å². The van der Waals surface area contributed by atoms with Gasteiger partial charge in [0.25, 0.3) is 0 Å². The predicted molar refractivity (Wildman–Crippen MR) is 75.0 cm³/mol. The van der Waals surface area contributed by atoms with Crippen molar-refractivity contribution in [3.8, 4) is 0 Å². The zero-order chi connectivity index (χ0) is 13.2. The summed E-state index contributed by atoms with van der Waals surface area (Å²) in [7, 11) is 0. The SMILES string of the molecule is CC1CCC(c2nnc(C3CCC(C)CC3)o2)CC1. The lowest BCUT2D eigenvalue weighted by Crippen LogP contribution is -2.11. The maximum atomic E-state index is 6.01. The molecule has 0 amide bonds. The summed E-state index contributed by atoms with van der Waals surface area (Å²) in [6.45, 7) is 4.69. The fourth-order valence-corrected chi connectivity index (χ4v) is 3.59. The van der Waals surface area contributed by atoms with Crippen molar-refractivity contribution >= 4 is 0 Å². The van der Waals surface area contributed by atoms with E-state index in [0.717, 1.165) is 23.6 Å². The van der Waals surface area contributed by atoms with Crippen molar-refractivity contribution in [1.82, 2.24) is 10.2 Å². The molecule has 0 bridgehead atoms. The Bertz CT molecular complexity index is 362. The summed E-state index contributed by atoms with van der Waals surface area (Å²) < 4.78 is 6.01. The van der Waals surface area contributed by atoms with Crippen LogP contribution in [0.25, 0.3) is 0 Å². The normalized spacial score (nSPS) is 36.3. The molecule has 3 heteroatoms. The predicted octanol–water partition coefficient (Wildman–Crippen LogP) is 4.66. The Morgan fingerprint density at radius 2 is 1.05 bits per heavy atom. The lowest BCUT2D eigenvalue weighted by Gasteiger charge is -2.24. The Morgan fingerprint density at radius 3 is 1.42 bits per heavy atom. The third-order valence-corrected chi connectivity index (χ3v) is 5.19. The molecule has 2 saturated carbocycles. The van der Waals surface area contributed by atoms with E-state index in [9.17, 15) is 0 Å². The van der Waals surface area contributed by atoms with E-state index < -0.39 is 0 Å². The fourth-order valence-electron chi connectivity index (χ4n) is 3.59. The first kappa shape index (κ1) is 13.1. The van der Waals surface area contributed by atoms with Crippen LogP contribution in [-0.4, -0.2) is 10.2 Å². The third-order valence-electron chi connectivity index (χ3n) is 5.19. The summed E-state index contributed by atoms with van der Waals surface area (Å²) >= 11 is 0. The lowest BCUT2D eigenvalue weighted by atomic mass is 9.83. The lowest BCUT2D eigenvalue weighted by molar-refractivity contribution is 0.276. The van der Waals surface area contributed by atoms with E-state index >= 15 is 0 Å². The highest BCUT2D eigenvalue weighted by Gasteiger charge is 2.28. The summed E-state index contributed by atoms with van der Waals surface area (Å²) in [5.41, 5.74) is 0. The molecule has 19 heavy (non-hydrogen) atoms. The molecular weight excluding hydrogens is 236 g/mol. The van der Waals surface area contributed by atoms with Gasteiger partial charge in [-0.2, -0.15) is 0 Å². The van der Waals surface area contributed by atoms with E-state index in [1.807, 2.05) is 0 Å². The van der Waals surface area contributed by atoms with Gasteiger partial charge in [-0.3, -0.25) is 0 Å². The molecule has 1 aromatic rings. The number of rotatable bonds is 2. The molecule has 2 fully saturated rings. The Hall–Kier alpha value is -0.860. The average molecular weight is 262 g/mol. The highest BCUT2D eigenvalue weighted by Crippen LogP contribution is 2.38. The fraction of sp³-hybridized carbons (Fsp3) is 0.875. The second-order valence-electron chi connectivity index (χ2n) is 6.89. The first-order valence-corrected chi connectivity index (χ1v) is 8.05. The topological polar surface area (TPSA) is 38.9 Å². The Kier molecular flexibility index (Phi) is 3.90. The van der Waals surface area contributed by atoms with Crippen LogP contribution in [0.3, 0.4) is 0 Å². The van der Waals surface area contributed by atoms with Gasteiger partial charge in [0.1, 0.15) is 0 Å². The molecule has 0 N–H and O–H groups in total. The molecule has 0 aromatic carbocycles. The molecule has 0 spiro atoms. The van der Waals surface area contributed by atoms with Crippen LogP contribution in [-0.2, 0) is 0 Å². The van der Waals surface area contributed by atoms with Gasteiger partial charge in [-0.05, 0) is 63.2 Å². The minimum Gasteiger partial charge on any atom is -0.425 e. The maximum absolute atomic E-state index is 6.01. The van der Waals surface area contributed by atoms with Gasteiger partial charge >= 0.3 is 0 Å². The summed E-state index contributed by atoms with van der Waals surface area (Å²) in [6, 6.07) is 0. The van der Waals surface area contributed by atoms with Crippen LogP contribution in [0.4, 0.5) is 0 Å². The average Bonchev–Trinajstić information content (AvgIpc) is 2.90. The first-order chi connectivity index (χ1) is 9.22.